The first-order valence-electron chi connectivity index (χ1n) is 8.94. The molecule has 0 fully saturated rings. The molecule has 0 saturated carbocycles. The Bertz CT molecular complexity index is 1200. The van der Waals surface area contributed by atoms with Gasteiger partial charge in [0.2, 0.25) is 5.95 Å². The summed E-state index contributed by atoms with van der Waals surface area (Å²) in [5, 5.41) is 2.94. The maximum atomic E-state index is 13.0. The van der Waals surface area contributed by atoms with E-state index in [0.29, 0.717) is 17.2 Å². The highest BCUT2D eigenvalue weighted by Gasteiger charge is 2.31. The highest BCUT2D eigenvalue weighted by Crippen LogP contribution is 2.35. The normalized spacial score (nSPS) is 11.7. The smallest absolute Gasteiger partial charge is 0.416 e. The summed E-state index contributed by atoms with van der Waals surface area (Å²) in [5.41, 5.74) is 2.02. The van der Waals surface area contributed by atoms with E-state index in [9.17, 15) is 13.2 Å². The van der Waals surface area contributed by atoms with E-state index in [1.165, 1.54) is 0 Å². The molecule has 4 aromatic rings. The van der Waals surface area contributed by atoms with E-state index in [0.717, 1.165) is 23.5 Å². The van der Waals surface area contributed by atoms with Crippen molar-refractivity contribution in [3.63, 3.8) is 0 Å². The Hall–Kier alpha value is -3.26. The van der Waals surface area contributed by atoms with Crippen molar-refractivity contribution in [3.05, 3.63) is 70.5 Å². The number of H-pyrrole nitrogens is 1. The first-order valence-corrected chi connectivity index (χ1v) is 9.32. The number of anilines is 2. The lowest BCUT2D eigenvalue weighted by molar-refractivity contribution is -0.137. The van der Waals surface area contributed by atoms with Gasteiger partial charge in [-0.15, -0.1) is 0 Å². The molecular formula is C21H16ClF3N4O. The van der Waals surface area contributed by atoms with E-state index >= 15 is 0 Å². The summed E-state index contributed by atoms with van der Waals surface area (Å²) in [4.78, 5) is 11.4. The predicted octanol–water partition coefficient (Wildman–Crippen LogP) is 6.78. The molecule has 0 spiro atoms. The van der Waals surface area contributed by atoms with Gasteiger partial charge in [-0.25, -0.2) is 4.98 Å². The maximum absolute atomic E-state index is 13.0. The minimum absolute atomic E-state index is 0.0733. The highest BCUT2D eigenvalue weighted by molar-refractivity contribution is 6.35. The van der Waals surface area contributed by atoms with Crippen LogP contribution >= 0.6 is 11.6 Å². The van der Waals surface area contributed by atoms with Crippen LogP contribution in [-0.4, -0.2) is 15.0 Å². The standard InChI is InChI=1S/C21H16ClF3N4O/c1-11-7-16(8-12(2)26-11)30-15-5-3-14(4-6-15)27-20-28-18-10-13(21(23,24)25)9-17(22)19(18)29-20/h3-10H,1-2H3,(H2,27,28,29). The molecule has 0 radical (unpaired) electrons. The monoisotopic (exact) mass is 432 g/mol. The number of aryl methyl sites for hydroxylation is 2. The van der Waals surface area contributed by atoms with Crippen molar-refractivity contribution in [1.29, 1.82) is 0 Å². The molecule has 0 amide bonds. The average molecular weight is 433 g/mol. The highest BCUT2D eigenvalue weighted by atomic mass is 35.5. The fraction of sp³-hybridized carbons (Fsp3) is 0.143. The average Bonchev–Trinajstić information content (AvgIpc) is 3.05. The minimum Gasteiger partial charge on any atom is -0.457 e. The van der Waals surface area contributed by atoms with Crippen LogP contribution in [0.5, 0.6) is 11.5 Å². The van der Waals surface area contributed by atoms with Gasteiger partial charge < -0.3 is 15.0 Å². The molecule has 5 nitrogen and oxygen atoms in total. The fourth-order valence-corrected chi connectivity index (χ4v) is 3.29. The van der Waals surface area contributed by atoms with Crippen LogP contribution in [0.15, 0.2) is 48.5 Å². The number of imidazole rings is 1. The first kappa shape index (κ1) is 20.0. The third kappa shape index (κ3) is 4.33. The Labute approximate surface area is 174 Å². The number of fused-ring (bicyclic) bond motifs is 1. The van der Waals surface area contributed by atoms with Crippen LogP contribution in [0.25, 0.3) is 11.0 Å². The molecule has 154 valence electrons. The van der Waals surface area contributed by atoms with Crippen LogP contribution in [-0.2, 0) is 6.18 Å². The number of pyridine rings is 1. The number of halogens is 4. The van der Waals surface area contributed by atoms with E-state index in [1.54, 1.807) is 24.3 Å². The van der Waals surface area contributed by atoms with Gasteiger partial charge in [-0.3, -0.25) is 4.98 Å². The predicted molar refractivity (Wildman–Crippen MR) is 110 cm³/mol. The van der Waals surface area contributed by atoms with Crippen LogP contribution in [0.3, 0.4) is 0 Å². The fourth-order valence-electron chi connectivity index (χ4n) is 3.03. The number of hydrogen-bond donors (Lipinski definition) is 2. The second-order valence-corrected chi connectivity index (χ2v) is 7.18. The number of rotatable bonds is 4. The molecule has 0 aliphatic carbocycles. The van der Waals surface area contributed by atoms with Crippen molar-refractivity contribution in [1.82, 2.24) is 15.0 Å². The van der Waals surface area contributed by atoms with E-state index in [-0.39, 0.29) is 22.0 Å². The second-order valence-electron chi connectivity index (χ2n) is 6.77. The summed E-state index contributed by atoms with van der Waals surface area (Å²) in [7, 11) is 0. The summed E-state index contributed by atoms with van der Waals surface area (Å²) >= 11 is 5.97. The Kier molecular flexibility index (Phi) is 5.03. The van der Waals surface area contributed by atoms with E-state index in [4.69, 9.17) is 16.3 Å². The Balaban J connectivity index is 1.53. The number of alkyl halides is 3. The molecule has 30 heavy (non-hydrogen) atoms. The lowest BCUT2D eigenvalue weighted by Gasteiger charge is -2.08. The molecule has 0 atom stereocenters. The largest absolute Gasteiger partial charge is 0.457 e. The van der Waals surface area contributed by atoms with Crippen molar-refractivity contribution < 1.29 is 17.9 Å². The summed E-state index contributed by atoms with van der Waals surface area (Å²) < 4.78 is 44.7. The number of nitrogens with zero attached hydrogens (tertiary/aromatic N) is 2. The van der Waals surface area contributed by atoms with Crippen LogP contribution in [0.1, 0.15) is 17.0 Å². The molecule has 0 bridgehead atoms. The molecular weight excluding hydrogens is 417 g/mol. The van der Waals surface area contributed by atoms with Gasteiger partial charge in [0.1, 0.15) is 17.0 Å². The van der Waals surface area contributed by atoms with Gasteiger partial charge in [-0.1, -0.05) is 11.6 Å². The molecule has 4 rings (SSSR count). The Morgan fingerprint density at radius 2 is 1.60 bits per heavy atom. The topological polar surface area (TPSA) is 62.8 Å². The van der Waals surface area contributed by atoms with Gasteiger partial charge in [0.15, 0.2) is 0 Å². The van der Waals surface area contributed by atoms with Gasteiger partial charge in [0, 0.05) is 29.2 Å². The number of ether oxygens (including phenoxy) is 1. The summed E-state index contributed by atoms with van der Waals surface area (Å²) in [6.45, 7) is 3.79. The second kappa shape index (κ2) is 7.53. The number of hydrogen-bond acceptors (Lipinski definition) is 4. The van der Waals surface area contributed by atoms with E-state index in [2.05, 4.69) is 20.3 Å². The van der Waals surface area contributed by atoms with Gasteiger partial charge in [-0.2, -0.15) is 13.2 Å². The quantitative estimate of drug-likeness (QED) is 0.373. The molecule has 0 unspecified atom stereocenters. The molecule has 0 aliphatic heterocycles. The van der Waals surface area contributed by atoms with Crippen molar-refractivity contribution in [2.45, 2.75) is 20.0 Å². The summed E-state index contributed by atoms with van der Waals surface area (Å²) in [6.07, 6.45) is -4.49. The molecule has 2 heterocycles. The van der Waals surface area contributed by atoms with Crippen molar-refractivity contribution in [2.75, 3.05) is 5.32 Å². The van der Waals surface area contributed by atoms with E-state index < -0.39 is 11.7 Å². The number of nitrogens with one attached hydrogen (secondary N) is 2. The minimum atomic E-state index is -4.49. The first-order chi connectivity index (χ1) is 14.2. The van der Waals surface area contributed by atoms with Gasteiger partial charge in [0.05, 0.1) is 16.1 Å². The zero-order valence-corrected chi connectivity index (χ0v) is 16.7. The number of benzene rings is 2. The summed E-state index contributed by atoms with van der Waals surface area (Å²) in [6, 6.07) is 12.6. The van der Waals surface area contributed by atoms with Crippen molar-refractivity contribution >= 4 is 34.3 Å². The van der Waals surface area contributed by atoms with Crippen LogP contribution in [0.4, 0.5) is 24.8 Å². The SMILES string of the molecule is Cc1cc(Oc2ccc(Nc3nc4c(Cl)cc(C(F)(F)F)cc4[nH]3)cc2)cc(C)n1. The molecule has 9 heteroatoms. The third-order valence-corrected chi connectivity index (χ3v) is 4.56. The zero-order chi connectivity index (χ0) is 21.5. The lowest BCUT2D eigenvalue weighted by atomic mass is 10.2. The summed E-state index contributed by atoms with van der Waals surface area (Å²) in [5.74, 6) is 1.60. The molecule has 0 saturated heterocycles. The van der Waals surface area contributed by atoms with Crippen LogP contribution in [0.2, 0.25) is 5.02 Å². The Morgan fingerprint density at radius 1 is 0.933 bits per heavy atom. The van der Waals surface area contributed by atoms with Crippen molar-refractivity contribution in [2.24, 2.45) is 0 Å². The van der Waals surface area contributed by atoms with Gasteiger partial charge in [0.25, 0.3) is 0 Å². The Morgan fingerprint density at radius 3 is 2.23 bits per heavy atom. The van der Waals surface area contributed by atoms with Gasteiger partial charge >= 0.3 is 6.18 Å². The maximum Gasteiger partial charge on any atom is 0.416 e. The van der Waals surface area contributed by atoms with E-state index in [1.807, 2.05) is 26.0 Å². The van der Waals surface area contributed by atoms with Crippen LogP contribution in [0, 0.1) is 13.8 Å². The molecule has 0 aliphatic rings. The number of aromatic amines is 1. The molecule has 2 aromatic heterocycles. The zero-order valence-electron chi connectivity index (χ0n) is 15.9. The van der Waals surface area contributed by atoms with Gasteiger partial charge in [-0.05, 0) is 50.2 Å². The third-order valence-electron chi connectivity index (χ3n) is 4.28. The number of aromatic nitrogens is 3. The van der Waals surface area contributed by atoms with Crippen molar-refractivity contribution in [3.8, 4) is 11.5 Å². The van der Waals surface area contributed by atoms with Crippen LogP contribution < -0.4 is 10.1 Å². The molecule has 2 aromatic carbocycles. The lowest BCUT2D eigenvalue weighted by Crippen LogP contribution is -2.04. The molecule has 2 N–H and O–H groups in total.